The molecule has 0 amide bonds. The lowest BCUT2D eigenvalue weighted by Gasteiger charge is -1.99. The van der Waals surface area contributed by atoms with Gasteiger partial charge in [0.1, 0.15) is 0 Å². The Labute approximate surface area is 82.6 Å². The van der Waals surface area contributed by atoms with Crippen molar-refractivity contribution >= 4 is 22.6 Å². The molecule has 1 heterocycles. The van der Waals surface area contributed by atoms with Crippen molar-refractivity contribution in [2.24, 2.45) is 0 Å². The van der Waals surface area contributed by atoms with Gasteiger partial charge in [-0.2, -0.15) is 0 Å². The molecule has 0 aliphatic rings. The molecule has 0 saturated heterocycles. The first-order chi connectivity index (χ1) is 5.65. The van der Waals surface area contributed by atoms with E-state index in [2.05, 4.69) is 9.97 Å². The Balaban J connectivity index is 3.28. The average molecular weight is 280 g/mol. The lowest BCUT2D eigenvalue weighted by Crippen LogP contribution is -2.26. The number of hydrogen-bond donors (Lipinski definition) is 2. The largest absolute Gasteiger partial charge is 0.325 e. The van der Waals surface area contributed by atoms with Crippen molar-refractivity contribution in [2.75, 3.05) is 0 Å². The molecule has 1 aromatic heterocycles. The molecule has 4 nitrogen and oxygen atoms in total. The molecule has 5 heteroatoms. The summed E-state index contributed by atoms with van der Waals surface area (Å²) in [7, 11) is 0. The van der Waals surface area contributed by atoms with Crippen LogP contribution in [-0.2, 0) is 6.42 Å². The summed E-state index contributed by atoms with van der Waals surface area (Å²) >= 11 is 1.93. The van der Waals surface area contributed by atoms with Crippen molar-refractivity contribution in [1.29, 1.82) is 0 Å². The lowest BCUT2D eigenvalue weighted by molar-refractivity contribution is 0.839. The predicted molar refractivity (Wildman–Crippen MR) is 54.4 cm³/mol. The van der Waals surface area contributed by atoms with Crippen LogP contribution < -0.4 is 11.2 Å². The maximum Gasteiger partial charge on any atom is 0.325 e. The number of rotatable bonds is 2. The van der Waals surface area contributed by atoms with Gasteiger partial charge in [0.2, 0.25) is 0 Å². The van der Waals surface area contributed by atoms with Gasteiger partial charge in [0.25, 0.3) is 5.56 Å². The van der Waals surface area contributed by atoms with Gasteiger partial charge in [-0.25, -0.2) is 4.79 Å². The van der Waals surface area contributed by atoms with E-state index in [4.69, 9.17) is 0 Å². The van der Waals surface area contributed by atoms with E-state index in [0.717, 1.165) is 18.5 Å². The highest BCUT2D eigenvalue weighted by Crippen LogP contribution is 2.03. The van der Waals surface area contributed by atoms with Gasteiger partial charge in [-0.1, -0.05) is 13.3 Å². The summed E-state index contributed by atoms with van der Waals surface area (Å²) in [5.74, 6) is 0. The van der Waals surface area contributed by atoms with Crippen LogP contribution >= 0.6 is 22.6 Å². The molecule has 0 atom stereocenters. The molecule has 2 N–H and O–H groups in total. The molecular weight excluding hydrogens is 271 g/mol. The van der Waals surface area contributed by atoms with Gasteiger partial charge in [0, 0.05) is 5.69 Å². The SMILES string of the molecule is CCCc1[nH]c(=O)[nH]c(=O)c1I. The highest BCUT2D eigenvalue weighted by molar-refractivity contribution is 14.1. The molecule has 0 aliphatic carbocycles. The summed E-state index contributed by atoms with van der Waals surface area (Å²) in [6.07, 6.45) is 1.65. The lowest BCUT2D eigenvalue weighted by atomic mass is 10.2. The molecule has 1 rings (SSSR count). The molecule has 0 aliphatic heterocycles. The summed E-state index contributed by atoms with van der Waals surface area (Å²) in [5.41, 5.74) is -0.00137. The maximum absolute atomic E-state index is 11.1. The van der Waals surface area contributed by atoms with E-state index < -0.39 is 5.69 Å². The van der Waals surface area contributed by atoms with Crippen LogP contribution in [0.15, 0.2) is 9.59 Å². The highest BCUT2D eigenvalue weighted by Gasteiger charge is 2.03. The molecule has 66 valence electrons. The van der Waals surface area contributed by atoms with Crippen molar-refractivity contribution in [1.82, 2.24) is 9.97 Å². The molecule has 0 fully saturated rings. The zero-order chi connectivity index (χ0) is 9.14. The van der Waals surface area contributed by atoms with Crippen LogP contribution in [-0.4, -0.2) is 9.97 Å². The number of aryl methyl sites for hydroxylation is 1. The van der Waals surface area contributed by atoms with Crippen molar-refractivity contribution < 1.29 is 0 Å². The predicted octanol–water partition coefficient (Wildman–Crippen LogP) is 0.620. The Morgan fingerprint density at radius 1 is 1.33 bits per heavy atom. The minimum Gasteiger partial charge on any atom is -0.310 e. The molecule has 0 saturated carbocycles. The third-order valence-corrected chi connectivity index (χ3v) is 2.60. The van der Waals surface area contributed by atoms with Crippen LogP contribution in [0.3, 0.4) is 0 Å². The van der Waals surface area contributed by atoms with E-state index in [0.29, 0.717) is 3.57 Å². The smallest absolute Gasteiger partial charge is 0.310 e. The fourth-order valence-electron chi connectivity index (χ4n) is 0.940. The molecule has 0 unspecified atom stereocenters. The first kappa shape index (κ1) is 9.50. The molecule has 0 radical (unpaired) electrons. The van der Waals surface area contributed by atoms with E-state index in [1.54, 1.807) is 0 Å². The van der Waals surface area contributed by atoms with Crippen molar-refractivity contribution in [2.45, 2.75) is 19.8 Å². The summed E-state index contributed by atoms with van der Waals surface area (Å²) in [5, 5.41) is 0. The van der Waals surface area contributed by atoms with Gasteiger partial charge >= 0.3 is 5.69 Å². The summed E-state index contributed by atoms with van der Waals surface area (Å²) in [6.45, 7) is 2.00. The third kappa shape index (κ3) is 1.96. The normalized spacial score (nSPS) is 10.2. The first-order valence-electron chi connectivity index (χ1n) is 3.66. The van der Waals surface area contributed by atoms with E-state index in [1.807, 2.05) is 29.5 Å². The number of aromatic nitrogens is 2. The van der Waals surface area contributed by atoms with Gasteiger partial charge in [-0.05, 0) is 29.0 Å². The number of halogens is 1. The molecule has 1 aromatic rings. The second-order valence-corrected chi connectivity index (χ2v) is 3.53. The molecule has 0 bridgehead atoms. The summed E-state index contributed by atoms with van der Waals surface area (Å²) < 4.78 is 0.578. The van der Waals surface area contributed by atoms with E-state index in [9.17, 15) is 9.59 Å². The van der Waals surface area contributed by atoms with Crippen LogP contribution in [0.5, 0.6) is 0 Å². The molecular formula is C7H9IN2O2. The quantitative estimate of drug-likeness (QED) is 0.780. The van der Waals surface area contributed by atoms with Crippen molar-refractivity contribution in [3.05, 3.63) is 30.1 Å². The third-order valence-electron chi connectivity index (χ3n) is 1.46. The van der Waals surface area contributed by atoms with Gasteiger partial charge in [0.15, 0.2) is 0 Å². The van der Waals surface area contributed by atoms with Gasteiger partial charge in [-0.15, -0.1) is 0 Å². The summed E-state index contributed by atoms with van der Waals surface area (Å²) in [6, 6.07) is 0. The minimum absolute atomic E-state index is 0.303. The van der Waals surface area contributed by atoms with Gasteiger partial charge in [0.05, 0.1) is 3.57 Å². The Bertz CT molecular complexity index is 380. The molecule has 12 heavy (non-hydrogen) atoms. The zero-order valence-electron chi connectivity index (χ0n) is 6.61. The van der Waals surface area contributed by atoms with Gasteiger partial charge in [-0.3, -0.25) is 9.78 Å². The maximum atomic E-state index is 11.1. The zero-order valence-corrected chi connectivity index (χ0v) is 8.77. The van der Waals surface area contributed by atoms with Crippen molar-refractivity contribution in [3.8, 4) is 0 Å². The first-order valence-corrected chi connectivity index (χ1v) is 4.74. The Hall–Kier alpha value is -0.590. The highest BCUT2D eigenvalue weighted by atomic mass is 127. The Kier molecular flexibility index (Phi) is 3.07. The van der Waals surface area contributed by atoms with E-state index >= 15 is 0 Å². The fourth-order valence-corrected chi connectivity index (χ4v) is 1.48. The van der Waals surface area contributed by atoms with Crippen LogP contribution in [0.4, 0.5) is 0 Å². The fraction of sp³-hybridized carbons (Fsp3) is 0.429. The minimum atomic E-state index is -0.427. The number of nitrogens with one attached hydrogen (secondary N) is 2. The number of hydrogen-bond acceptors (Lipinski definition) is 2. The second-order valence-electron chi connectivity index (χ2n) is 2.45. The van der Waals surface area contributed by atoms with Crippen LogP contribution in [0.1, 0.15) is 19.0 Å². The van der Waals surface area contributed by atoms with Crippen LogP contribution in [0.25, 0.3) is 0 Å². The number of aromatic amines is 2. The van der Waals surface area contributed by atoms with Crippen LogP contribution in [0, 0.1) is 3.57 Å². The summed E-state index contributed by atoms with van der Waals surface area (Å²) in [4.78, 5) is 26.6. The second kappa shape index (κ2) is 3.88. The average Bonchev–Trinajstić information content (AvgIpc) is 2.00. The Morgan fingerprint density at radius 2 is 2.00 bits per heavy atom. The van der Waals surface area contributed by atoms with Gasteiger partial charge < -0.3 is 4.98 Å². The van der Waals surface area contributed by atoms with Crippen molar-refractivity contribution in [3.63, 3.8) is 0 Å². The Morgan fingerprint density at radius 3 is 2.58 bits per heavy atom. The van der Waals surface area contributed by atoms with Crippen LogP contribution in [0.2, 0.25) is 0 Å². The molecule has 0 aromatic carbocycles. The standard InChI is InChI=1S/C7H9IN2O2/c1-2-3-4-5(8)6(11)10-7(12)9-4/h2-3H2,1H3,(H2,9,10,11,12). The molecule has 0 spiro atoms. The monoisotopic (exact) mass is 280 g/mol. The number of H-pyrrole nitrogens is 2. The van der Waals surface area contributed by atoms with E-state index in [1.165, 1.54) is 0 Å². The van der Waals surface area contributed by atoms with E-state index in [-0.39, 0.29) is 5.56 Å². The topological polar surface area (TPSA) is 65.7 Å².